The Balaban J connectivity index is 2.58. The third-order valence-corrected chi connectivity index (χ3v) is 1.57. The number of carboxylic acid groups (broad SMARTS) is 1. The third kappa shape index (κ3) is 1.68. The minimum Gasteiger partial charge on any atom is -0.465 e. The maximum atomic E-state index is 10.4. The summed E-state index contributed by atoms with van der Waals surface area (Å²) in [5, 5.41) is 8.55. The van der Waals surface area contributed by atoms with Crippen LogP contribution in [0.4, 0.5) is 4.79 Å². The Labute approximate surface area is 63.5 Å². The van der Waals surface area contributed by atoms with Crippen molar-refractivity contribution in [1.29, 1.82) is 0 Å². The third-order valence-electron chi connectivity index (χ3n) is 1.57. The van der Waals surface area contributed by atoms with Crippen LogP contribution in [0, 0.1) is 0 Å². The molecule has 62 valence electrons. The van der Waals surface area contributed by atoms with E-state index in [0.29, 0.717) is 12.9 Å². The molecule has 1 aliphatic heterocycles. The lowest BCUT2D eigenvalue weighted by molar-refractivity contribution is -0.116. The second kappa shape index (κ2) is 3.34. The molecule has 0 aromatic rings. The lowest BCUT2D eigenvalue weighted by Gasteiger charge is -2.29. The van der Waals surface area contributed by atoms with Crippen LogP contribution in [0.25, 0.3) is 0 Å². The molecule has 0 bridgehead atoms. The van der Waals surface area contributed by atoms with Crippen LogP contribution in [0.2, 0.25) is 0 Å². The maximum Gasteiger partial charge on any atom is 0.408 e. The van der Waals surface area contributed by atoms with Crippen molar-refractivity contribution in [2.75, 3.05) is 19.8 Å². The number of morpholine rings is 1. The van der Waals surface area contributed by atoms with Gasteiger partial charge in [0.15, 0.2) is 0 Å². The lowest BCUT2D eigenvalue weighted by atomic mass is 10.3. The van der Waals surface area contributed by atoms with Crippen LogP contribution in [-0.2, 0) is 9.53 Å². The van der Waals surface area contributed by atoms with Gasteiger partial charge in [-0.3, -0.25) is 4.90 Å². The molecule has 0 unspecified atom stereocenters. The van der Waals surface area contributed by atoms with Crippen molar-refractivity contribution >= 4 is 12.4 Å². The monoisotopic (exact) mass is 159 g/mol. The van der Waals surface area contributed by atoms with Crippen LogP contribution in [0.1, 0.15) is 0 Å². The molecule has 1 atom stereocenters. The molecular weight excluding hydrogens is 150 g/mol. The fraction of sp³-hybridized carbons (Fsp3) is 0.667. The summed E-state index contributed by atoms with van der Waals surface area (Å²) in [7, 11) is 0. The van der Waals surface area contributed by atoms with E-state index in [0.717, 1.165) is 4.90 Å². The number of hydrogen-bond donors (Lipinski definition) is 1. The first kappa shape index (κ1) is 8.00. The van der Waals surface area contributed by atoms with E-state index >= 15 is 0 Å². The zero-order valence-corrected chi connectivity index (χ0v) is 5.90. The summed E-state index contributed by atoms with van der Waals surface area (Å²) < 4.78 is 4.92. The Morgan fingerprint density at radius 1 is 1.73 bits per heavy atom. The highest BCUT2D eigenvalue weighted by atomic mass is 16.5. The maximum absolute atomic E-state index is 10.4. The van der Waals surface area contributed by atoms with Crippen LogP contribution < -0.4 is 0 Å². The van der Waals surface area contributed by atoms with Gasteiger partial charge < -0.3 is 14.6 Å². The Morgan fingerprint density at radius 3 is 2.91 bits per heavy atom. The molecule has 5 heteroatoms. The molecule has 1 fully saturated rings. The average Bonchev–Trinajstić information content (AvgIpc) is 2.04. The van der Waals surface area contributed by atoms with Crippen molar-refractivity contribution in [3.8, 4) is 0 Å². The number of aldehydes is 1. The minimum atomic E-state index is -1.06. The van der Waals surface area contributed by atoms with Gasteiger partial charge >= 0.3 is 6.09 Å². The topological polar surface area (TPSA) is 66.8 Å². The molecule has 0 spiro atoms. The van der Waals surface area contributed by atoms with Crippen molar-refractivity contribution in [3.05, 3.63) is 0 Å². The van der Waals surface area contributed by atoms with E-state index in [9.17, 15) is 9.59 Å². The number of nitrogens with zero attached hydrogens (tertiary/aromatic N) is 1. The van der Waals surface area contributed by atoms with Gasteiger partial charge in [-0.15, -0.1) is 0 Å². The van der Waals surface area contributed by atoms with Crippen LogP contribution in [-0.4, -0.2) is 48.2 Å². The summed E-state index contributed by atoms with van der Waals surface area (Å²) in [5.41, 5.74) is 0. The summed E-state index contributed by atoms with van der Waals surface area (Å²) in [5.74, 6) is 0. The van der Waals surface area contributed by atoms with Crippen molar-refractivity contribution in [2.45, 2.75) is 6.04 Å². The molecule has 0 radical (unpaired) electrons. The largest absolute Gasteiger partial charge is 0.465 e. The quantitative estimate of drug-likeness (QED) is 0.527. The number of carbonyl (C=O) groups is 2. The summed E-state index contributed by atoms with van der Waals surface area (Å²) in [6, 6.07) is -0.624. The molecule has 0 aromatic heterocycles. The predicted molar refractivity (Wildman–Crippen MR) is 35.4 cm³/mol. The molecule has 1 saturated heterocycles. The van der Waals surface area contributed by atoms with Crippen molar-refractivity contribution in [1.82, 2.24) is 4.90 Å². The van der Waals surface area contributed by atoms with Gasteiger partial charge in [-0.05, 0) is 0 Å². The highest BCUT2D eigenvalue weighted by Gasteiger charge is 2.25. The van der Waals surface area contributed by atoms with Crippen LogP contribution in [0.3, 0.4) is 0 Å². The summed E-state index contributed by atoms with van der Waals surface area (Å²) in [4.78, 5) is 21.8. The number of hydrogen-bond acceptors (Lipinski definition) is 3. The van der Waals surface area contributed by atoms with E-state index < -0.39 is 12.1 Å². The summed E-state index contributed by atoms with van der Waals surface area (Å²) in [6.07, 6.45) is -0.474. The van der Waals surface area contributed by atoms with Gasteiger partial charge in [0.1, 0.15) is 12.3 Å². The Kier molecular flexibility index (Phi) is 2.43. The van der Waals surface area contributed by atoms with Crippen LogP contribution in [0.5, 0.6) is 0 Å². The fourth-order valence-corrected chi connectivity index (χ4v) is 0.973. The van der Waals surface area contributed by atoms with Crippen molar-refractivity contribution < 1.29 is 19.4 Å². The Hall–Kier alpha value is -1.10. The smallest absolute Gasteiger partial charge is 0.408 e. The fourth-order valence-electron chi connectivity index (χ4n) is 0.973. The summed E-state index contributed by atoms with van der Waals surface area (Å²) in [6.45, 7) is 0.825. The molecule has 0 aromatic carbocycles. The normalized spacial score (nSPS) is 24.7. The molecule has 1 amide bonds. The molecule has 11 heavy (non-hydrogen) atoms. The number of rotatable bonds is 1. The molecule has 0 aliphatic carbocycles. The van der Waals surface area contributed by atoms with Crippen LogP contribution in [0.15, 0.2) is 0 Å². The molecule has 1 heterocycles. The summed E-state index contributed by atoms with van der Waals surface area (Å²) >= 11 is 0. The minimum absolute atomic E-state index is 0.176. The molecule has 5 nitrogen and oxygen atoms in total. The Bertz CT molecular complexity index is 170. The lowest BCUT2D eigenvalue weighted by Crippen LogP contribution is -2.48. The van der Waals surface area contributed by atoms with E-state index in [2.05, 4.69) is 0 Å². The molecule has 0 saturated carbocycles. The highest BCUT2D eigenvalue weighted by molar-refractivity contribution is 5.72. The van der Waals surface area contributed by atoms with Crippen molar-refractivity contribution in [3.63, 3.8) is 0 Å². The second-order valence-electron chi connectivity index (χ2n) is 2.25. The first-order chi connectivity index (χ1) is 5.25. The van der Waals surface area contributed by atoms with Gasteiger partial charge in [0, 0.05) is 6.54 Å². The predicted octanol–water partition coefficient (Wildman–Crippen LogP) is -0.436. The number of ether oxygens (including phenoxy) is 1. The highest BCUT2D eigenvalue weighted by Crippen LogP contribution is 2.04. The van der Waals surface area contributed by atoms with Gasteiger partial charge in [-0.1, -0.05) is 0 Å². The zero-order chi connectivity index (χ0) is 8.27. The molecule has 1 aliphatic rings. The first-order valence-corrected chi connectivity index (χ1v) is 3.28. The van der Waals surface area contributed by atoms with Gasteiger partial charge in [0.25, 0.3) is 0 Å². The van der Waals surface area contributed by atoms with Gasteiger partial charge in [-0.2, -0.15) is 0 Å². The molecule has 1 rings (SSSR count). The van der Waals surface area contributed by atoms with E-state index in [1.54, 1.807) is 0 Å². The molecular formula is C6H9NO4. The van der Waals surface area contributed by atoms with E-state index in [1.807, 2.05) is 0 Å². The second-order valence-corrected chi connectivity index (χ2v) is 2.25. The number of carbonyl (C=O) groups excluding carboxylic acids is 1. The SMILES string of the molecule is O=C[C@@H]1COCCN1C(=O)O. The average molecular weight is 159 g/mol. The van der Waals surface area contributed by atoms with Crippen LogP contribution >= 0.6 is 0 Å². The van der Waals surface area contributed by atoms with Gasteiger partial charge in [0.2, 0.25) is 0 Å². The molecule has 1 N–H and O–H groups in total. The number of amides is 1. The first-order valence-electron chi connectivity index (χ1n) is 3.28. The Morgan fingerprint density at radius 2 is 2.45 bits per heavy atom. The van der Waals surface area contributed by atoms with E-state index in [-0.39, 0.29) is 13.2 Å². The van der Waals surface area contributed by atoms with Gasteiger partial charge in [-0.25, -0.2) is 4.79 Å². The van der Waals surface area contributed by atoms with E-state index in [4.69, 9.17) is 9.84 Å². The standard InChI is InChI=1S/C6H9NO4/c8-3-5-4-11-2-1-7(5)6(9)10/h3,5H,1-2,4H2,(H,9,10)/t5-/m1/s1. The van der Waals surface area contributed by atoms with E-state index in [1.165, 1.54) is 0 Å². The zero-order valence-electron chi connectivity index (χ0n) is 5.90. The van der Waals surface area contributed by atoms with Gasteiger partial charge in [0.05, 0.1) is 13.2 Å². The van der Waals surface area contributed by atoms with Crippen molar-refractivity contribution in [2.24, 2.45) is 0 Å².